The third-order valence-corrected chi connectivity index (χ3v) is 2.13. The summed E-state index contributed by atoms with van der Waals surface area (Å²) >= 11 is 0. The second kappa shape index (κ2) is 6.85. The zero-order chi connectivity index (χ0) is 12.7. The van der Waals surface area contributed by atoms with Gasteiger partial charge in [0.2, 0.25) is 0 Å². The van der Waals surface area contributed by atoms with Gasteiger partial charge in [-0.1, -0.05) is 0 Å². The van der Waals surface area contributed by atoms with E-state index in [4.69, 9.17) is 4.74 Å². The van der Waals surface area contributed by atoms with E-state index >= 15 is 0 Å². The molecular formula is C12H19N3O2. The molecule has 0 bridgehead atoms. The highest BCUT2D eigenvalue weighted by atomic mass is 16.5. The van der Waals surface area contributed by atoms with Gasteiger partial charge in [-0.15, -0.1) is 0 Å². The van der Waals surface area contributed by atoms with Crippen LogP contribution in [0.25, 0.3) is 0 Å². The van der Waals surface area contributed by atoms with Crippen molar-refractivity contribution in [1.82, 2.24) is 10.3 Å². The Balaban J connectivity index is 2.47. The molecule has 1 heterocycles. The molecule has 0 saturated heterocycles. The van der Waals surface area contributed by atoms with Gasteiger partial charge in [0, 0.05) is 19.8 Å². The summed E-state index contributed by atoms with van der Waals surface area (Å²) in [7, 11) is 1.74. The molecule has 0 radical (unpaired) electrons. The highest BCUT2D eigenvalue weighted by molar-refractivity contribution is 5.98. The molecule has 0 unspecified atom stereocenters. The molecule has 5 heteroatoms. The average Bonchev–Trinajstić information content (AvgIpc) is 2.34. The monoisotopic (exact) mass is 237 g/mol. The summed E-state index contributed by atoms with van der Waals surface area (Å²) in [5.41, 5.74) is 0.541. The Hall–Kier alpha value is -1.62. The fourth-order valence-electron chi connectivity index (χ4n) is 1.34. The van der Waals surface area contributed by atoms with Gasteiger partial charge in [0.25, 0.3) is 5.91 Å². The molecule has 5 nitrogen and oxygen atoms in total. The summed E-state index contributed by atoms with van der Waals surface area (Å²) in [5, 5.41) is 5.67. The van der Waals surface area contributed by atoms with Crippen LogP contribution in [0.2, 0.25) is 0 Å². The zero-order valence-electron chi connectivity index (χ0n) is 10.5. The Morgan fingerprint density at radius 1 is 1.53 bits per heavy atom. The number of carbonyl (C=O) groups is 1. The predicted molar refractivity (Wildman–Crippen MR) is 67.2 cm³/mol. The number of ether oxygens (including phenoxy) is 1. The second-order valence-electron chi connectivity index (χ2n) is 3.83. The van der Waals surface area contributed by atoms with Crippen molar-refractivity contribution in [2.75, 3.05) is 25.5 Å². The van der Waals surface area contributed by atoms with Crippen LogP contribution in [0, 0.1) is 0 Å². The number of nitrogens with one attached hydrogen (secondary N) is 2. The molecule has 1 aromatic rings. The summed E-state index contributed by atoms with van der Waals surface area (Å²) in [6.45, 7) is 4.93. The first-order chi connectivity index (χ1) is 8.15. The lowest BCUT2D eigenvalue weighted by Crippen LogP contribution is -2.28. The van der Waals surface area contributed by atoms with E-state index in [0.717, 1.165) is 0 Å². The van der Waals surface area contributed by atoms with Gasteiger partial charge in [0.05, 0.1) is 18.3 Å². The number of amides is 1. The molecule has 0 aromatic carbocycles. The summed E-state index contributed by atoms with van der Waals surface area (Å²) in [6.07, 6.45) is 1.82. The molecule has 0 spiro atoms. The van der Waals surface area contributed by atoms with Crippen LogP contribution in [0.15, 0.2) is 18.3 Å². The maximum absolute atomic E-state index is 11.8. The quantitative estimate of drug-likeness (QED) is 0.732. The van der Waals surface area contributed by atoms with E-state index in [0.29, 0.717) is 24.5 Å². The van der Waals surface area contributed by atoms with E-state index in [9.17, 15) is 4.79 Å². The average molecular weight is 237 g/mol. The third-order valence-electron chi connectivity index (χ3n) is 2.13. The van der Waals surface area contributed by atoms with Gasteiger partial charge in [0.15, 0.2) is 0 Å². The number of anilines is 1. The first kappa shape index (κ1) is 13.4. The number of hydrogen-bond donors (Lipinski definition) is 2. The molecule has 1 rings (SSSR count). The van der Waals surface area contributed by atoms with E-state index in [1.54, 1.807) is 25.4 Å². The molecule has 2 N–H and O–H groups in total. The number of pyridine rings is 1. The Labute approximate surface area is 102 Å². The lowest BCUT2D eigenvalue weighted by Gasteiger charge is -2.10. The minimum Gasteiger partial charge on any atom is -0.377 e. The van der Waals surface area contributed by atoms with E-state index in [2.05, 4.69) is 15.6 Å². The van der Waals surface area contributed by atoms with Crippen molar-refractivity contribution in [3.05, 3.63) is 23.9 Å². The summed E-state index contributed by atoms with van der Waals surface area (Å²) < 4.78 is 5.34. The van der Waals surface area contributed by atoms with Gasteiger partial charge in [-0.2, -0.15) is 0 Å². The van der Waals surface area contributed by atoms with E-state index in [1.165, 1.54) is 0 Å². The SMILES string of the molecule is CNc1ncccc1C(=O)NCCOC(C)C. The van der Waals surface area contributed by atoms with Crippen molar-refractivity contribution in [2.45, 2.75) is 20.0 Å². The first-order valence-electron chi connectivity index (χ1n) is 5.67. The summed E-state index contributed by atoms with van der Waals surface area (Å²) in [6, 6.07) is 3.47. The van der Waals surface area contributed by atoms with Gasteiger partial charge in [-0.05, 0) is 26.0 Å². The molecule has 0 saturated carbocycles. The number of nitrogens with zero attached hydrogens (tertiary/aromatic N) is 1. The molecule has 1 aromatic heterocycles. The molecule has 94 valence electrons. The van der Waals surface area contributed by atoms with Crippen molar-refractivity contribution in [3.63, 3.8) is 0 Å². The minimum atomic E-state index is -0.144. The molecule has 0 aliphatic carbocycles. The Kier molecular flexibility index (Phi) is 5.42. The van der Waals surface area contributed by atoms with Crippen molar-refractivity contribution >= 4 is 11.7 Å². The van der Waals surface area contributed by atoms with Gasteiger partial charge >= 0.3 is 0 Å². The molecule has 0 atom stereocenters. The Morgan fingerprint density at radius 2 is 2.29 bits per heavy atom. The van der Waals surface area contributed by atoms with Crippen LogP contribution in [0.5, 0.6) is 0 Å². The lowest BCUT2D eigenvalue weighted by molar-refractivity contribution is 0.0747. The van der Waals surface area contributed by atoms with Crippen LogP contribution in [-0.2, 0) is 4.74 Å². The molecule has 1 amide bonds. The highest BCUT2D eigenvalue weighted by Gasteiger charge is 2.10. The molecular weight excluding hydrogens is 218 g/mol. The van der Waals surface area contributed by atoms with Crippen LogP contribution in [0.1, 0.15) is 24.2 Å². The number of carbonyl (C=O) groups excluding carboxylic acids is 1. The van der Waals surface area contributed by atoms with Crippen LogP contribution in [0.3, 0.4) is 0 Å². The predicted octanol–water partition coefficient (Wildman–Crippen LogP) is 1.28. The topological polar surface area (TPSA) is 63.2 Å². The maximum Gasteiger partial charge on any atom is 0.255 e. The van der Waals surface area contributed by atoms with Crippen LogP contribution >= 0.6 is 0 Å². The minimum absolute atomic E-state index is 0.144. The fourth-order valence-corrected chi connectivity index (χ4v) is 1.34. The number of hydrogen-bond acceptors (Lipinski definition) is 4. The van der Waals surface area contributed by atoms with Crippen molar-refractivity contribution in [3.8, 4) is 0 Å². The standard InChI is InChI=1S/C12H19N3O2/c1-9(2)17-8-7-15-12(16)10-5-4-6-14-11(10)13-3/h4-6,9H,7-8H2,1-3H3,(H,13,14)(H,15,16). The molecule has 17 heavy (non-hydrogen) atoms. The van der Waals surface area contributed by atoms with Crippen LogP contribution in [-0.4, -0.2) is 37.2 Å². The Morgan fingerprint density at radius 3 is 2.94 bits per heavy atom. The maximum atomic E-state index is 11.8. The van der Waals surface area contributed by atoms with Crippen LogP contribution in [0.4, 0.5) is 5.82 Å². The summed E-state index contributed by atoms with van der Waals surface area (Å²) in [5.74, 6) is 0.435. The fraction of sp³-hybridized carbons (Fsp3) is 0.500. The smallest absolute Gasteiger partial charge is 0.255 e. The van der Waals surface area contributed by atoms with Crippen molar-refractivity contribution in [1.29, 1.82) is 0 Å². The lowest BCUT2D eigenvalue weighted by atomic mass is 10.2. The normalized spacial score (nSPS) is 10.4. The molecule has 0 aliphatic rings. The van der Waals surface area contributed by atoms with Crippen molar-refractivity contribution in [2.24, 2.45) is 0 Å². The second-order valence-corrected chi connectivity index (χ2v) is 3.83. The largest absolute Gasteiger partial charge is 0.377 e. The molecule has 0 fully saturated rings. The number of rotatable bonds is 6. The van der Waals surface area contributed by atoms with Gasteiger partial charge in [0.1, 0.15) is 5.82 Å². The van der Waals surface area contributed by atoms with E-state index in [-0.39, 0.29) is 12.0 Å². The van der Waals surface area contributed by atoms with E-state index < -0.39 is 0 Å². The van der Waals surface area contributed by atoms with Gasteiger partial charge < -0.3 is 15.4 Å². The Bertz CT molecular complexity index is 367. The summed E-state index contributed by atoms with van der Waals surface area (Å²) in [4.78, 5) is 15.9. The van der Waals surface area contributed by atoms with Crippen molar-refractivity contribution < 1.29 is 9.53 Å². The van der Waals surface area contributed by atoms with Gasteiger partial charge in [-0.25, -0.2) is 4.98 Å². The number of aromatic nitrogens is 1. The third kappa shape index (κ3) is 4.40. The van der Waals surface area contributed by atoms with Crippen LogP contribution < -0.4 is 10.6 Å². The zero-order valence-corrected chi connectivity index (χ0v) is 10.5. The first-order valence-corrected chi connectivity index (χ1v) is 5.67. The van der Waals surface area contributed by atoms with Gasteiger partial charge in [-0.3, -0.25) is 4.79 Å². The highest BCUT2D eigenvalue weighted by Crippen LogP contribution is 2.09. The van der Waals surface area contributed by atoms with E-state index in [1.807, 2.05) is 13.8 Å². The molecule has 0 aliphatic heterocycles.